The summed E-state index contributed by atoms with van der Waals surface area (Å²) in [7, 11) is 0. The third-order valence-electron chi connectivity index (χ3n) is 4.61. The minimum absolute atomic E-state index is 0.0349. The zero-order chi connectivity index (χ0) is 18.7. The standard InChI is InChI=1S/C21H23FN2OS/c1-4-6-16-17(10-21(2,3)11-18(16)25)23-13-20-24-12-19(26-20)14-7-5-8-15(22)9-14/h4-9,12-13,16-17H,10-11H2,1-3H3/b6-4-,23-13+. The molecule has 0 saturated heterocycles. The Bertz CT molecular complexity index is 853. The molecule has 0 bridgehead atoms. The Morgan fingerprint density at radius 1 is 1.38 bits per heavy atom. The summed E-state index contributed by atoms with van der Waals surface area (Å²) < 4.78 is 13.4. The first-order valence-corrected chi connectivity index (χ1v) is 9.60. The first kappa shape index (κ1) is 18.6. The van der Waals surface area contributed by atoms with Crippen molar-refractivity contribution in [1.82, 2.24) is 4.98 Å². The lowest BCUT2D eigenvalue weighted by molar-refractivity contribution is -0.126. The molecule has 3 nitrogen and oxygen atoms in total. The highest BCUT2D eigenvalue weighted by Gasteiger charge is 2.38. The third-order valence-corrected chi connectivity index (χ3v) is 5.59. The van der Waals surface area contributed by atoms with Crippen LogP contribution in [0.25, 0.3) is 10.4 Å². The van der Waals surface area contributed by atoms with Gasteiger partial charge in [0.2, 0.25) is 0 Å². The highest BCUT2D eigenvalue weighted by molar-refractivity contribution is 7.16. The molecule has 1 aliphatic carbocycles. The van der Waals surface area contributed by atoms with Gasteiger partial charge in [0.1, 0.15) is 16.6 Å². The Balaban J connectivity index is 1.80. The van der Waals surface area contributed by atoms with Gasteiger partial charge in [-0.1, -0.05) is 38.1 Å². The van der Waals surface area contributed by atoms with Crippen LogP contribution in [0.4, 0.5) is 4.39 Å². The molecule has 0 amide bonds. The Hall–Kier alpha value is -2.14. The fraction of sp³-hybridized carbons (Fsp3) is 0.381. The number of carbonyl (C=O) groups is 1. The lowest BCUT2D eigenvalue weighted by Crippen LogP contribution is -2.38. The molecule has 0 radical (unpaired) electrons. The summed E-state index contributed by atoms with van der Waals surface area (Å²) in [6.45, 7) is 6.16. The maximum Gasteiger partial charge on any atom is 0.142 e. The number of hydrogen-bond acceptors (Lipinski definition) is 4. The number of benzene rings is 1. The summed E-state index contributed by atoms with van der Waals surface area (Å²) in [6.07, 6.45) is 8.83. The minimum Gasteiger partial charge on any atom is -0.299 e. The van der Waals surface area contributed by atoms with Gasteiger partial charge in [-0.15, -0.1) is 11.3 Å². The predicted molar refractivity (Wildman–Crippen MR) is 105 cm³/mol. The number of rotatable bonds is 4. The first-order valence-electron chi connectivity index (χ1n) is 8.78. The van der Waals surface area contributed by atoms with E-state index >= 15 is 0 Å². The van der Waals surface area contributed by atoms with E-state index in [0.717, 1.165) is 21.9 Å². The summed E-state index contributed by atoms with van der Waals surface area (Å²) in [5, 5.41) is 0.763. The molecular weight excluding hydrogens is 347 g/mol. The van der Waals surface area contributed by atoms with Crippen LogP contribution in [0.15, 0.2) is 47.6 Å². The molecule has 2 unspecified atom stereocenters. The van der Waals surface area contributed by atoms with Crippen molar-refractivity contribution in [3.8, 4) is 10.4 Å². The zero-order valence-electron chi connectivity index (χ0n) is 15.3. The Labute approximate surface area is 157 Å². The topological polar surface area (TPSA) is 42.3 Å². The molecule has 2 atom stereocenters. The van der Waals surface area contributed by atoms with Crippen molar-refractivity contribution in [2.45, 2.75) is 39.7 Å². The van der Waals surface area contributed by atoms with Crippen LogP contribution in [-0.2, 0) is 4.79 Å². The lowest BCUT2D eigenvalue weighted by atomic mass is 9.69. The van der Waals surface area contributed by atoms with Crippen LogP contribution in [-0.4, -0.2) is 23.0 Å². The monoisotopic (exact) mass is 370 g/mol. The molecule has 136 valence electrons. The molecular formula is C21H23FN2OS. The van der Waals surface area contributed by atoms with Gasteiger partial charge in [0.15, 0.2) is 0 Å². The van der Waals surface area contributed by atoms with E-state index in [1.165, 1.54) is 23.5 Å². The van der Waals surface area contributed by atoms with Crippen molar-refractivity contribution in [2.24, 2.45) is 16.3 Å². The van der Waals surface area contributed by atoms with E-state index in [0.29, 0.717) is 6.42 Å². The minimum atomic E-state index is -0.261. The maximum absolute atomic E-state index is 13.4. The molecule has 26 heavy (non-hydrogen) atoms. The molecule has 2 aromatic rings. The smallest absolute Gasteiger partial charge is 0.142 e. The lowest BCUT2D eigenvalue weighted by Gasteiger charge is -2.36. The van der Waals surface area contributed by atoms with Crippen LogP contribution in [0.3, 0.4) is 0 Å². The van der Waals surface area contributed by atoms with E-state index < -0.39 is 0 Å². The number of allylic oxidation sites excluding steroid dienone is 1. The number of Topliss-reactive ketones (excluding diaryl/α,β-unsaturated/α-hetero) is 1. The Kier molecular flexibility index (Phi) is 5.47. The fourth-order valence-electron chi connectivity index (χ4n) is 3.44. The molecule has 1 aromatic heterocycles. The quantitative estimate of drug-likeness (QED) is 0.540. The van der Waals surface area contributed by atoms with Gasteiger partial charge in [-0.3, -0.25) is 9.79 Å². The second kappa shape index (κ2) is 7.62. The summed E-state index contributed by atoms with van der Waals surface area (Å²) >= 11 is 1.47. The predicted octanol–water partition coefficient (Wildman–Crippen LogP) is 5.32. The molecule has 1 aromatic carbocycles. The number of halogens is 1. The van der Waals surface area contributed by atoms with E-state index in [4.69, 9.17) is 4.99 Å². The number of aromatic nitrogens is 1. The van der Waals surface area contributed by atoms with Gasteiger partial charge in [0.05, 0.1) is 23.1 Å². The summed E-state index contributed by atoms with van der Waals surface area (Å²) in [6, 6.07) is 6.41. The Morgan fingerprint density at radius 3 is 2.92 bits per heavy atom. The van der Waals surface area contributed by atoms with Gasteiger partial charge in [0.25, 0.3) is 0 Å². The molecule has 1 fully saturated rings. The second-order valence-corrected chi connectivity index (χ2v) is 8.54. The Morgan fingerprint density at radius 2 is 2.19 bits per heavy atom. The molecule has 1 aliphatic rings. The zero-order valence-corrected chi connectivity index (χ0v) is 16.1. The SMILES string of the molecule is C/C=C\C1C(=O)CC(C)(C)CC1/N=C/c1ncc(-c2cccc(F)c2)s1. The van der Waals surface area contributed by atoms with Crippen molar-refractivity contribution in [3.63, 3.8) is 0 Å². The van der Waals surface area contributed by atoms with E-state index in [-0.39, 0.29) is 29.0 Å². The van der Waals surface area contributed by atoms with Gasteiger partial charge < -0.3 is 0 Å². The molecule has 5 heteroatoms. The third kappa shape index (κ3) is 4.33. The van der Waals surface area contributed by atoms with Crippen molar-refractivity contribution in [3.05, 3.63) is 53.4 Å². The van der Waals surface area contributed by atoms with Gasteiger partial charge in [-0.05, 0) is 36.5 Å². The number of nitrogens with zero attached hydrogens (tertiary/aromatic N) is 2. The van der Waals surface area contributed by atoms with E-state index in [9.17, 15) is 9.18 Å². The maximum atomic E-state index is 13.4. The van der Waals surface area contributed by atoms with Crippen molar-refractivity contribution in [2.75, 3.05) is 0 Å². The average molecular weight is 370 g/mol. The molecule has 0 aliphatic heterocycles. The second-order valence-electron chi connectivity index (χ2n) is 7.48. The largest absolute Gasteiger partial charge is 0.299 e. The van der Waals surface area contributed by atoms with Gasteiger partial charge >= 0.3 is 0 Å². The number of hydrogen-bond donors (Lipinski definition) is 0. The average Bonchev–Trinajstić information content (AvgIpc) is 3.04. The molecule has 1 heterocycles. The first-order chi connectivity index (χ1) is 12.4. The highest BCUT2D eigenvalue weighted by atomic mass is 32.1. The highest BCUT2D eigenvalue weighted by Crippen LogP contribution is 2.38. The molecule has 0 spiro atoms. The fourth-order valence-corrected chi connectivity index (χ4v) is 4.23. The van der Waals surface area contributed by atoms with Crippen molar-refractivity contribution in [1.29, 1.82) is 0 Å². The van der Waals surface area contributed by atoms with Crippen LogP contribution in [0.5, 0.6) is 0 Å². The van der Waals surface area contributed by atoms with Crippen molar-refractivity contribution >= 4 is 23.3 Å². The number of carbonyl (C=O) groups excluding carboxylic acids is 1. The van der Waals surface area contributed by atoms with E-state index in [2.05, 4.69) is 18.8 Å². The van der Waals surface area contributed by atoms with Crippen LogP contribution < -0.4 is 0 Å². The van der Waals surface area contributed by atoms with Crippen molar-refractivity contribution < 1.29 is 9.18 Å². The number of ketones is 1. The van der Waals surface area contributed by atoms with Gasteiger partial charge in [-0.2, -0.15) is 0 Å². The summed E-state index contributed by atoms with van der Waals surface area (Å²) in [4.78, 5) is 22.4. The van der Waals surface area contributed by atoms with Crippen LogP contribution in [0.1, 0.15) is 38.6 Å². The van der Waals surface area contributed by atoms with Crippen LogP contribution in [0, 0.1) is 17.2 Å². The van der Waals surface area contributed by atoms with E-state index in [1.807, 2.05) is 25.1 Å². The summed E-state index contributed by atoms with van der Waals surface area (Å²) in [5.41, 5.74) is 0.773. The molecule has 0 N–H and O–H groups in total. The molecule has 3 rings (SSSR count). The summed E-state index contributed by atoms with van der Waals surface area (Å²) in [5.74, 6) is -0.170. The number of aliphatic imine (C=N–C) groups is 1. The van der Waals surface area contributed by atoms with Crippen LogP contribution in [0.2, 0.25) is 0 Å². The van der Waals surface area contributed by atoms with E-state index in [1.54, 1.807) is 18.5 Å². The van der Waals surface area contributed by atoms with Gasteiger partial charge in [0, 0.05) is 12.6 Å². The van der Waals surface area contributed by atoms with Gasteiger partial charge in [-0.25, -0.2) is 9.37 Å². The van der Waals surface area contributed by atoms with Crippen LogP contribution >= 0.6 is 11.3 Å². The number of thiazole rings is 1. The molecule has 1 saturated carbocycles. The normalized spacial score (nSPS) is 23.2.